The van der Waals surface area contributed by atoms with Gasteiger partial charge in [-0.3, -0.25) is 0 Å². The molecule has 2 rings (SSSR count). The molecular weight excluding hydrogens is 264 g/mol. The van der Waals surface area contributed by atoms with Gasteiger partial charge in [-0.05, 0) is 44.5 Å². The number of rotatable bonds is 2. The lowest BCUT2D eigenvalue weighted by Gasteiger charge is -2.40. The van der Waals surface area contributed by atoms with Gasteiger partial charge in [0.1, 0.15) is 0 Å². The Bertz CT molecular complexity index is 561. The van der Waals surface area contributed by atoms with Crippen LogP contribution in [-0.4, -0.2) is 38.0 Å². The Morgan fingerprint density at radius 1 is 1.32 bits per heavy atom. The zero-order valence-corrected chi connectivity index (χ0v) is 12.3. The Balaban J connectivity index is 2.47. The third kappa shape index (κ3) is 2.75. The average molecular weight is 284 g/mol. The highest BCUT2D eigenvalue weighted by atomic mass is 32.2. The maximum atomic E-state index is 12.7. The fourth-order valence-corrected chi connectivity index (χ4v) is 4.23. The van der Waals surface area contributed by atoms with Crippen LogP contribution >= 0.6 is 0 Å². The Hall–Kier alpha value is -1.11. The van der Waals surface area contributed by atoms with Crippen molar-refractivity contribution in [2.75, 3.05) is 25.5 Å². The number of hydrogen-bond acceptors (Lipinski definition) is 4. The molecule has 1 aliphatic heterocycles. The van der Waals surface area contributed by atoms with Gasteiger partial charge in [0.25, 0.3) is 0 Å². The first-order chi connectivity index (χ1) is 8.73. The van der Waals surface area contributed by atoms with Crippen molar-refractivity contribution in [3.05, 3.63) is 23.8 Å². The van der Waals surface area contributed by atoms with E-state index < -0.39 is 15.6 Å². The normalized spacial score (nSPS) is 20.4. The molecule has 0 spiro atoms. The third-order valence-electron chi connectivity index (χ3n) is 3.23. The number of benzene rings is 1. The van der Waals surface area contributed by atoms with Crippen LogP contribution in [0.4, 0.5) is 5.69 Å². The molecule has 1 aromatic carbocycles. The second-order valence-electron chi connectivity index (χ2n) is 5.52. The standard InChI is InChI=1S/C13H20N2O3S/c1-10-6-11(14)8-12(7-10)19(16,17)15-4-5-18-9-13(15,2)3/h6-8H,4-5,9,14H2,1-3H3. The summed E-state index contributed by atoms with van der Waals surface area (Å²) in [5.74, 6) is 0. The predicted molar refractivity (Wildman–Crippen MR) is 74.4 cm³/mol. The molecule has 1 aliphatic rings. The first-order valence-electron chi connectivity index (χ1n) is 6.21. The van der Waals surface area contributed by atoms with Gasteiger partial charge in [0.2, 0.25) is 10.0 Å². The van der Waals surface area contributed by atoms with Crippen LogP contribution in [0.2, 0.25) is 0 Å². The van der Waals surface area contributed by atoms with Gasteiger partial charge in [-0.25, -0.2) is 8.42 Å². The molecule has 19 heavy (non-hydrogen) atoms. The second kappa shape index (κ2) is 4.77. The highest BCUT2D eigenvalue weighted by Crippen LogP contribution is 2.28. The van der Waals surface area contributed by atoms with Gasteiger partial charge in [0.05, 0.1) is 23.6 Å². The van der Waals surface area contributed by atoms with Gasteiger partial charge >= 0.3 is 0 Å². The summed E-state index contributed by atoms with van der Waals surface area (Å²) in [6, 6.07) is 4.91. The summed E-state index contributed by atoms with van der Waals surface area (Å²) in [5.41, 5.74) is 6.50. The number of aryl methyl sites for hydroxylation is 1. The molecule has 6 heteroatoms. The molecule has 0 radical (unpaired) electrons. The summed E-state index contributed by atoms with van der Waals surface area (Å²) >= 11 is 0. The van der Waals surface area contributed by atoms with Crippen molar-refractivity contribution in [3.8, 4) is 0 Å². The number of anilines is 1. The number of sulfonamides is 1. The fourth-order valence-electron chi connectivity index (χ4n) is 2.34. The lowest BCUT2D eigenvalue weighted by Crippen LogP contribution is -2.55. The van der Waals surface area contributed by atoms with Crippen molar-refractivity contribution in [1.82, 2.24) is 4.31 Å². The summed E-state index contributed by atoms with van der Waals surface area (Å²) in [6.07, 6.45) is 0. The first-order valence-corrected chi connectivity index (χ1v) is 7.65. The van der Waals surface area contributed by atoms with Crippen molar-refractivity contribution < 1.29 is 13.2 Å². The molecule has 0 amide bonds. The summed E-state index contributed by atoms with van der Waals surface area (Å²) in [5, 5.41) is 0. The zero-order valence-electron chi connectivity index (χ0n) is 11.5. The fraction of sp³-hybridized carbons (Fsp3) is 0.538. The van der Waals surface area contributed by atoms with Crippen LogP contribution in [-0.2, 0) is 14.8 Å². The summed E-state index contributed by atoms with van der Waals surface area (Å²) in [4.78, 5) is 0.250. The van der Waals surface area contributed by atoms with E-state index in [0.29, 0.717) is 25.4 Å². The predicted octanol–water partition coefficient (Wildman–Crippen LogP) is 1.38. The van der Waals surface area contributed by atoms with E-state index in [4.69, 9.17) is 10.5 Å². The lowest BCUT2D eigenvalue weighted by molar-refractivity contribution is -0.00770. The topological polar surface area (TPSA) is 72.6 Å². The quantitative estimate of drug-likeness (QED) is 0.833. The Morgan fingerprint density at radius 2 is 2.00 bits per heavy atom. The Kier molecular flexibility index (Phi) is 3.59. The zero-order chi connectivity index (χ0) is 14.3. The number of ether oxygens (including phenoxy) is 1. The summed E-state index contributed by atoms with van der Waals surface area (Å²) < 4.78 is 32.3. The second-order valence-corrected chi connectivity index (χ2v) is 7.38. The van der Waals surface area contributed by atoms with E-state index in [1.54, 1.807) is 12.1 Å². The average Bonchev–Trinajstić information content (AvgIpc) is 2.26. The third-order valence-corrected chi connectivity index (χ3v) is 5.32. The van der Waals surface area contributed by atoms with E-state index in [1.807, 2.05) is 20.8 Å². The molecule has 1 heterocycles. The minimum Gasteiger partial charge on any atom is -0.399 e. The van der Waals surface area contributed by atoms with Gasteiger partial charge in [0, 0.05) is 12.2 Å². The smallest absolute Gasteiger partial charge is 0.243 e. The van der Waals surface area contributed by atoms with E-state index in [1.165, 1.54) is 10.4 Å². The summed E-state index contributed by atoms with van der Waals surface area (Å²) in [7, 11) is -3.54. The molecule has 0 atom stereocenters. The highest BCUT2D eigenvalue weighted by molar-refractivity contribution is 7.89. The van der Waals surface area contributed by atoms with E-state index in [9.17, 15) is 8.42 Å². The highest BCUT2D eigenvalue weighted by Gasteiger charge is 2.39. The van der Waals surface area contributed by atoms with Gasteiger partial charge in [-0.2, -0.15) is 4.31 Å². The monoisotopic (exact) mass is 284 g/mol. The molecule has 0 saturated carbocycles. The van der Waals surface area contributed by atoms with Gasteiger partial charge in [0.15, 0.2) is 0 Å². The number of nitrogen functional groups attached to an aromatic ring is 1. The molecule has 2 N–H and O–H groups in total. The van der Waals surface area contributed by atoms with Crippen LogP contribution < -0.4 is 5.73 Å². The Morgan fingerprint density at radius 3 is 2.58 bits per heavy atom. The molecule has 1 aromatic rings. The van der Waals surface area contributed by atoms with Crippen LogP contribution in [0, 0.1) is 6.92 Å². The van der Waals surface area contributed by atoms with Gasteiger partial charge in [-0.15, -0.1) is 0 Å². The van der Waals surface area contributed by atoms with E-state index in [0.717, 1.165) is 5.56 Å². The maximum Gasteiger partial charge on any atom is 0.243 e. The van der Waals surface area contributed by atoms with Crippen molar-refractivity contribution in [2.24, 2.45) is 0 Å². The number of morpholine rings is 1. The number of nitrogens with zero attached hydrogens (tertiary/aromatic N) is 1. The van der Waals surface area contributed by atoms with Crippen molar-refractivity contribution in [2.45, 2.75) is 31.2 Å². The molecule has 5 nitrogen and oxygen atoms in total. The first kappa shape index (κ1) is 14.3. The summed E-state index contributed by atoms with van der Waals surface area (Å²) in [6.45, 7) is 6.74. The maximum absolute atomic E-state index is 12.7. The Labute approximate surface area is 114 Å². The van der Waals surface area contributed by atoms with Gasteiger partial charge in [-0.1, -0.05) is 0 Å². The molecule has 0 bridgehead atoms. The minimum absolute atomic E-state index is 0.250. The number of hydrogen-bond donors (Lipinski definition) is 1. The molecule has 1 saturated heterocycles. The van der Waals surface area contributed by atoms with Crippen molar-refractivity contribution in [3.63, 3.8) is 0 Å². The molecule has 1 fully saturated rings. The molecule has 0 aromatic heterocycles. The van der Waals surface area contributed by atoms with Crippen LogP contribution in [0.1, 0.15) is 19.4 Å². The molecule has 106 valence electrons. The largest absolute Gasteiger partial charge is 0.399 e. The minimum atomic E-state index is -3.54. The van der Waals surface area contributed by atoms with E-state index >= 15 is 0 Å². The molecular formula is C13H20N2O3S. The van der Waals surface area contributed by atoms with Gasteiger partial charge < -0.3 is 10.5 Å². The van der Waals surface area contributed by atoms with Crippen LogP contribution in [0.5, 0.6) is 0 Å². The van der Waals surface area contributed by atoms with Crippen LogP contribution in [0.15, 0.2) is 23.1 Å². The van der Waals surface area contributed by atoms with Crippen molar-refractivity contribution in [1.29, 1.82) is 0 Å². The van der Waals surface area contributed by atoms with Crippen LogP contribution in [0.3, 0.4) is 0 Å². The molecule has 0 unspecified atom stereocenters. The lowest BCUT2D eigenvalue weighted by atomic mass is 10.1. The van der Waals surface area contributed by atoms with Crippen LogP contribution in [0.25, 0.3) is 0 Å². The van der Waals surface area contributed by atoms with E-state index in [2.05, 4.69) is 0 Å². The van der Waals surface area contributed by atoms with E-state index in [-0.39, 0.29) is 4.90 Å². The number of nitrogens with two attached hydrogens (primary N) is 1. The SMILES string of the molecule is Cc1cc(N)cc(S(=O)(=O)N2CCOCC2(C)C)c1. The van der Waals surface area contributed by atoms with Crippen molar-refractivity contribution >= 4 is 15.7 Å². The molecule has 0 aliphatic carbocycles.